The van der Waals surface area contributed by atoms with E-state index in [1.165, 1.54) is 0 Å². The number of ether oxygens (including phenoxy) is 2. The van der Waals surface area contributed by atoms with E-state index >= 15 is 0 Å². The van der Waals surface area contributed by atoms with E-state index in [9.17, 15) is 9.59 Å². The summed E-state index contributed by atoms with van der Waals surface area (Å²) in [5, 5.41) is 0. The molecule has 0 heterocycles. The molecule has 0 aliphatic carbocycles. The molecule has 0 atom stereocenters. The van der Waals surface area contributed by atoms with Crippen LogP contribution >= 0.6 is 0 Å². The molecule has 0 radical (unpaired) electrons. The quantitative estimate of drug-likeness (QED) is 0.168. The lowest BCUT2D eigenvalue weighted by Crippen LogP contribution is -2.15. The maximum absolute atomic E-state index is 13.4. The first-order chi connectivity index (χ1) is 18.7. The largest absolute Gasteiger partial charge is 0.419 e. The van der Waals surface area contributed by atoms with E-state index in [-0.39, 0.29) is 11.5 Å². The molecule has 0 bridgehead atoms. The molecule has 5 rings (SSSR count). The second-order valence-corrected chi connectivity index (χ2v) is 8.71. The number of aryl methyl sites for hydroxylation is 1. The Morgan fingerprint density at radius 3 is 1.45 bits per heavy atom. The normalized spacial score (nSPS) is 10.6. The van der Waals surface area contributed by atoms with Crippen molar-refractivity contribution in [3.63, 3.8) is 0 Å². The van der Waals surface area contributed by atoms with Crippen LogP contribution in [0.15, 0.2) is 127 Å². The van der Waals surface area contributed by atoms with Gasteiger partial charge in [0.05, 0.1) is 11.1 Å². The third-order valence-corrected chi connectivity index (χ3v) is 6.25. The maximum atomic E-state index is 13.4. The van der Waals surface area contributed by atoms with Crippen LogP contribution in [-0.2, 0) is 6.42 Å². The van der Waals surface area contributed by atoms with Gasteiger partial charge in [-0.25, -0.2) is 9.59 Å². The van der Waals surface area contributed by atoms with E-state index in [2.05, 4.69) is 0 Å². The van der Waals surface area contributed by atoms with E-state index in [4.69, 9.17) is 9.47 Å². The number of hydrogen-bond donors (Lipinski definition) is 0. The minimum atomic E-state index is -0.535. The fraction of sp³-hybridized carbons (Fsp3) is 0.0588. The molecule has 4 heteroatoms. The average Bonchev–Trinajstić information content (AvgIpc) is 2.99. The van der Waals surface area contributed by atoms with Crippen LogP contribution in [0.4, 0.5) is 0 Å². The Morgan fingerprint density at radius 2 is 0.974 bits per heavy atom. The van der Waals surface area contributed by atoms with Crippen LogP contribution in [0.25, 0.3) is 22.3 Å². The van der Waals surface area contributed by atoms with Gasteiger partial charge in [-0.3, -0.25) is 0 Å². The fourth-order valence-electron chi connectivity index (χ4n) is 4.35. The SMILES string of the molecule is CCc1cc(-c2ccccc2)c(-c2ccccc2)c(OC(=O)c2ccccc2)c1OC(=O)c1ccccc1. The van der Waals surface area contributed by atoms with Crippen molar-refractivity contribution in [2.45, 2.75) is 13.3 Å². The summed E-state index contributed by atoms with van der Waals surface area (Å²) in [5.41, 5.74) is 4.90. The molecule has 0 unspecified atom stereocenters. The molecule has 0 saturated heterocycles. The molecule has 4 nitrogen and oxygen atoms in total. The lowest BCUT2D eigenvalue weighted by molar-refractivity contribution is 0.0682. The smallest absolute Gasteiger partial charge is 0.343 e. The summed E-state index contributed by atoms with van der Waals surface area (Å²) >= 11 is 0. The Kier molecular flexibility index (Phi) is 7.42. The molecule has 0 aliphatic rings. The van der Waals surface area contributed by atoms with Crippen molar-refractivity contribution in [1.29, 1.82) is 0 Å². The average molecular weight is 499 g/mol. The zero-order chi connectivity index (χ0) is 26.3. The van der Waals surface area contributed by atoms with E-state index in [0.717, 1.165) is 22.3 Å². The molecule has 38 heavy (non-hydrogen) atoms. The standard InChI is InChI=1S/C34H26O4/c1-2-24-23-29(25-15-7-3-8-16-25)30(26-17-9-4-10-18-26)32(38-34(36)28-21-13-6-14-22-28)31(24)37-33(35)27-19-11-5-12-20-27/h3-23H,2H2,1H3. The number of esters is 2. The minimum absolute atomic E-state index is 0.215. The minimum Gasteiger partial charge on any atom is -0.419 e. The van der Waals surface area contributed by atoms with E-state index in [1.54, 1.807) is 48.5 Å². The molecular weight excluding hydrogens is 472 g/mol. The van der Waals surface area contributed by atoms with Crippen LogP contribution < -0.4 is 9.47 Å². The highest BCUT2D eigenvalue weighted by Crippen LogP contribution is 2.48. The molecule has 0 aromatic heterocycles. The van der Waals surface area contributed by atoms with Gasteiger partial charge in [0.2, 0.25) is 0 Å². The molecular formula is C34H26O4. The third-order valence-electron chi connectivity index (χ3n) is 6.25. The first-order valence-electron chi connectivity index (χ1n) is 12.5. The summed E-state index contributed by atoms with van der Waals surface area (Å²) in [6, 6.07) is 39.2. The molecule has 0 saturated carbocycles. The van der Waals surface area contributed by atoms with Crippen LogP contribution in [0.5, 0.6) is 11.5 Å². The number of rotatable bonds is 7. The zero-order valence-corrected chi connectivity index (χ0v) is 21.0. The summed E-state index contributed by atoms with van der Waals surface area (Å²) in [6.45, 7) is 1.98. The van der Waals surface area contributed by atoms with Crippen molar-refractivity contribution in [2.75, 3.05) is 0 Å². The van der Waals surface area contributed by atoms with Crippen LogP contribution in [0, 0.1) is 0 Å². The lowest BCUT2D eigenvalue weighted by atomic mass is 9.90. The third kappa shape index (κ3) is 5.25. The van der Waals surface area contributed by atoms with Crippen molar-refractivity contribution in [3.05, 3.63) is 144 Å². The highest BCUT2D eigenvalue weighted by Gasteiger charge is 2.27. The van der Waals surface area contributed by atoms with Gasteiger partial charge < -0.3 is 9.47 Å². The summed E-state index contributed by atoms with van der Waals surface area (Å²) in [4.78, 5) is 26.6. The van der Waals surface area contributed by atoms with Gasteiger partial charge in [0.25, 0.3) is 0 Å². The molecule has 0 amide bonds. The fourth-order valence-corrected chi connectivity index (χ4v) is 4.35. The van der Waals surface area contributed by atoms with Crippen LogP contribution in [0.1, 0.15) is 33.2 Å². The van der Waals surface area contributed by atoms with E-state index in [1.807, 2.05) is 85.8 Å². The molecule has 0 aliphatic heterocycles. The first-order valence-corrected chi connectivity index (χ1v) is 12.5. The number of benzene rings is 5. The van der Waals surface area contributed by atoms with Crippen molar-refractivity contribution in [1.82, 2.24) is 0 Å². The molecule has 5 aromatic carbocycles. The predicted molar refractivity (Wildman–Crippen MR) is 149 cm³/mol. The van der Waals surface area contributed by atoms with Crippen molar-refractivity contribution >= 4 is 11.9 Å². The Labute approximate surface area is 222 Å². The highest BCUT2D eigenvalue weighted by molar-refractivity contribution is 5.98. The van der Waals surface area contributed by atoms with Crippen LogP contribution in [0.2, 0.25) is 0 Å². The van der Waals surface area contributed by atoms with E-state index < -0.39 is 11.9 Å². The van der Waals surface area contributed by atoms with Gasteiger partial charge in [0, 0.05) is 5.56 Å². The van der Waals surface area contributed by atoms with Gasteiger partial charge in [-0.2, -0.15) is 0 Å². The number of carbonyl (C=O) groups is 2. The Balaban J connectivity index is 1.76. The number of hydrogen-bond acceptors (Lipinski definition) is 4. The molecule has 0 spiro atoms. The Morgan fingerprint density at radius 1 is 0.553 bits per heavy atom. The molecule has 0 N–H and O–H groups in total. The second kappa shape index (κ2) is 11.4. The predicted octanol–water partition coefficient (Wildman–Crippen LogP) is 8.02. The first kappa shape index (κ1) is 24.7. The lowest BCUT2D eigenvalue weighted by Gasteiger charge is -2.22. The molecule has 0 fully saturated rings. The van der Waals surface area contributed by atoms with Gasteiger partial charge in [0.15, 0.2) is 11.5 Å². The van der Waals surface area contributed by atoms with E-state index in [0.29, 0.717) is 23.1 Å². The number of carbonyl (C=O) groups excluding carboxylic acids is 2. The monoisotopic (exact) mass is 498 g/mol. The van der Waals surface area contributed by atoms with Gasteiger partial charge in [-0.1, -0.05) is 104 Å². The summed E-state index contributed by atoms with van der Waals surface area (Å²) in [7, 11) is 0. The van der Waals surface area contributed by atoms with Gasteiger partial charge in [-0.05, 0) is 59.0 Å². The second-order valence-electron chi connectivity index (χ2n) is 8.71. The van der Waals surface area contributed by atoms with Crippen molar-refractivity contribution < 1.29 is 19.1 Å². The summed E-state index contributed by atoms with van der Waals surface area (Å²) in [5.74, 6) is -0.604. The van der Waals surface area contributed by atoms with Crippen molar-refractivity contribution in [2.24, 2.45) is 0 Å². The van der Waals surface area contributed by atoms with Gasteiger partial charge >= 0.3 is 11.9 Å². The Bertz CT molecular complexity index is 1540. The van der Waals surface area contributed by atoms with Gasteiger partial charge in [-0.15, -0.1) is 0 Å². The molecule has 5 aromatic rings. The Hall–Kier alpha value is -4.96. The van der Waals surface area contributed by atoms with Crippen molar-refractivity contribution in [3.8, 4) is 33.8 Å². The molecule has 186 valence electrons. The van der Waals surface area contributed by atoms with Gasteiger partial charge in [0.1, 0.15) is 0 Å². The topological polar surface area (TPSA) is 52.6 Å². The summed E-state index contributed by atoms with van der Waals surface area (Å²) < 4.78 is 12.2. The summed E-state index contributed by atoms with van der Waals surface area (Å²) in [6.07, 6.45) is 0.558. The maximum Gasteiger partial charge on any atom is 0.343 e. The highest BCUT2D eigenvalue weighted by atomic mass is 16.6. The zero-order valence-electron chi connectivity index (χ0n) is 21.0. The van der Waals surface area contributed by atoms with Crippen LogP contribution in [0.3, 0.4) is 0 Å². The van der Waals surface area contributed by atoms with Crippen LogP contribution in [-0.4, -0.2) is 11.9 Å².